The van der Waals surface area contributed by atoms with Gasteiger partial charge in [-0.05, 0) is 37.6 Å². The van der Waals surface area contributed by atoms with Gasteiger partial charge in [0.05, 0.1) is 0 Å². The van der Waals surface area contributed by atoms with Crippen LogP contribution in [0.5, 0.6) is 0 Å². The van der Waals surface area contributed by atoms with Crippen molar-refractivity contribution >= 4 is 0 Å². The number of nitrogens with one attached hydrogen (secondary N) is 1. The quantitative estimate of drug-likeness (QED) is 0.521. The second-order valence-corrected chi connectivity index (χ2v) is 6.68. The van der Waals surface area contributed by atoms with Gasteiger partial charge >= 0.3 is 0 Å². The predicted molar refractivity (Wildman–Crippen MR) is 82.0 cm³/mol. The molecule has 0 spiro atoms. The number of unbranched alkanes of at least 4 members (excludes halogenated alkanes) is 6. The monoisotopic (exact) mass is 253 g/mol. The maximum absolute atomic E-state index is 3.62. The van der Waals surface area contributed by atoms with Gasteiger partial charge in [-0.25, -0.2) is 0 Å². The maximum atomic E-state index is 3.62. The van der Waals surface area contributed by atoms with E-state index in [-0.39, 0.29) is 0 Å². The topological polar surface area (TPSA) is 12.0 Å². The summed E-state index contributed by atoms with van der Waals surface area (Å²) in [5.74, 6) is 0. The van der Waals surface area contributed by atoms with Crippen molar-refractivity contribution in [1.29, 1.82) is 0 Å². The van der Waals surface area contributed by atoms with Crippen molar-refractivity contribution in [2.45, 2.75) is 97.4 Å². The van der Waals surface area contributed by atoms with Gasteiger partial charge < -0.3 is 5.32 Å². The molecule has 0 heterocycles. The summed E-state index contributed by atoms with van der Waals surface area (Å²) in [5, 5.41) is 3.62. The fourth-order valence-corrected chi connectivity index (χ4v) is 3.52. The molecule has 18 heavy (non-hydrogen) atoms. The molecule has 0 aromatic rings. The van der Waals surface area contributed by atoms with Crippen molar-refractivity contribution in [3.63, 3.8) is 0 Å². The van der Waals surface area contributed by atoms with E-state index in [1.54, 1.807) is 0 Å². The van der Waals surface area contributed by atoms with Gasteiger partial charge in [-0.1, -0.05) is 65.7 Å². The average Bonchev–Trinajstić information content (AvgIpc) is 2.71. The first kappa shape index (κ1) is 16.0. The lowest BCUT2D eigenvalue weighted by Crippen LogP contribution is -2.27. The third-order valence-corrected chi connectivity index (χ3v) is 4.71. The summed E-state index contributed by atoms with van der Waals surface area (Å²) in [6.07, 6.45) is 15.8. The summed E-state index contributed by atoms with van der Waals surface area (Å²) in [6.45, 7) is 8.17. The summed E-state index contributed by atoms with van der Waals surface area (Å²) < 4.78 is 0. The van der Waals surface area contributed by atoms with Crippen molar-refractivity contribution in [3.8, 4) is 0 Å². The molecule has 1 rings (SSSR count). The van der Waals surface area contributed by atoms with Gasteiger partial charge in [-0.2, -0.15) is 0 Å². The van der Waals surface area contributed by atoms with Crippen molar-refractivity contribution in [2.24, 2.45) is 5.41 Å². The molecule has 0 aromatic carbocycles. The lowest BCUT2D eigenvalue weighted by atomic mass is 9.83. The Morgan fingerprint density at radius 1 is 1.00 bits per heavy atom. The van der Waals surface area contributed by atoms with E-state index in [0.717, 1.165) is 12.6 Å². The zero-order valence-corrected chi connectivity index (χ0v) is 13.1. The summed E-state index contributed by atoms with van der Waals surface area (Å²) >= 11 is 0. The minimum Gasteiger partial charge on any atom is -0.314 e. The Kier molecular flexibility index (Phi) is 7.97. The van der Waals surface area contributed by atoms with E-state index in [1.807, 2.05) is 0 Å². The summed E-state index contributed by atoms with van der Waals surface area (Å²) in [5.41, 5.74) is 0.649. The predicted octanol–water partition coefficient (Wildman–Crippen LogP) is 5.30. The summed E-state index contributed by atoms with van der Waals surface area (Å²) in [6, 6.07) is 0.810. The smallest absolute Gasteiger partial charge is 0.00723 e. The molecule has 0 amide bonds. The molecule has 1 aliphatic rings. The molecule has 0 aliphatic heterocycles. The van der Waals surface area contributed by atoms with Crippen LogP contribution >= 0.6 is 0 Å². The Hall–Kier alpha value is -0.0400. The highest BCUT2D eigenvalue weighted by molar-refractivity contribution is 4.89. The molecule has 0 radical (unpaired) electrons. The largest absolute Gasteiger partial charge is 0.314 e. The van der Waals surface area contributed by atoms with Crippen LogP contribution in [-0.4, -0.2) is 12.6 Å². The molecule has 1 fully saturated rings. The van der Waals surface area contributed by atoms with Crippen LogP contribution in [0.4, 0.5) is 0 Å². The van der Waals surface area contributed by atoms with Crippen molar-refractivity contribution < 1.29 is 0 Å². The minimum absolute atomic E-state index is 0.649. The zero-order chi connectivity index (χ0) is 13.3. The third kappa shape index (κ3) is 6.22. The molecule has 108 valence electrons. The molecular formula is C17H35N. The molecule has 1 N–H and O–H groups in total. The number of hydrogen-bond donors (Lipinski definition) is 1. The molecule has 0 aromatic heterocycles. The van der Waals surface area contributed by atoms with Crippen LogP contribution in [-0.2, 0) is 0 Å². The van der Waals surface area contributed by atoms with Crippen molar-refractivity contribution in [3.05, 3.63) is 0 Å². The summed E-state index contributed by atoms with van der Waals surface area (Å²) in [7, 11) is 0. The van der Waals surface area contributed by atoms with Crippen LogP contribution in [0.1, 0.15) is 91.4 Å². The van der Waals surface area contributed by atoms with E-state index < -0.39 is 0 Å². The second kappa shape index (κ2) is 8.96. The molecule has 2 unspecified atom stereocenters. The molecule has 1 heteroatoms. The van der Waals surface area contributed by atoms with Gasteiger partial charge in [0, 0.05) is 6.04 Å². The number of hydrogen-bond acceptors (Lipinski definition) is 1. The second-order valence-electron chi connectivity index (χ2n) is 6.68. The van der Waals surface area contributed by atoms with Gasteiger partial charge in [0.1, 0.15) is 0 Å². The van der Waals surface area contributed by atoms with Crippen molar-refractivity contribution in [2.75, 3.05) is 6.54 Å². The maximum Gasteiger partial charge on any atom is 0.00723 e. The van der Waals surface area contributed by atoms with Gasteiger partial charge in [0.25, 0.3) is 0 Å². The number of rotatable bonds is 10. The summed E-state index contributed by atoms with van der Waals surface area (Å²) in [4.78, 5) is 0. The highest BCUT2D eigenvalue weighted by atomic mass is 14.9. The zero-order valence-electron chi connectivity index (χ0n) is 13.1. The van der Waals surface area contributed by atoms with Crippen LogP contribution in [0.25, 0.3) is 0 Å². The third-order valence-electron chi connectivity index (χ3n) is 4.71. The fraction of sp³-hybridized carbons (Fsp3) is 1.00. The molecule has 2 atom stereocenters. The lowest BCUT2D eigenvalue weighted by Gasteiger charge is -2.24. The minimum atomic E-state index is 0.649. The Morgan fingerprint density at radius 2 is 1.67 bits per heavy atom. The lowest BCUT2D eigenvalue weighted by molar-refractivity contribution is 0.285. The Morgan fingerprint density at radius 3 is 2.33 bits per heavy atom. The van der Waals surface area contributed by atoms with E-state index in [9.17, 15) is 0 Å². The Labute approximate surface area is 115 Å². The van der Waals surface area contributed by atoms with Crippen LogP contribution in [0.15, 0.2) is 0 Å². The highest BCUT2D eigenvalue weighted by Crippen LogP contribution is 2.42. The SMILES string of the molecule is CCCCCCCCCC1(C)CCC(NCC)C1. The van der Waals surface area contributed by atoms with E-state index in [2.05, 4.69) is 26.1 Å². The molecule has 1 aliphatic carbocycles. The Balaban J connectivity index is 2.01. The van der Waals surface area contributed by atoms with E-state index in [0.29, 0.717) is 5.41 Å². The van der Waals surface area contributed by atoms with Gasteiger partial charge in [-0.15, -0.1) is 0 Å². The van der Waals surface area contributed by atoms with E-state index >= 15 is 0 Å². The first-order valence-corrected chi connectivity index (χ1v) is 8.43. The molecule has 0 bridgehead atoms. The standard InChI is InChI=1S/C17H35N/c1-4-6-7-8-9-10-11-13-17(3)14-12-16(15-17)18-5-2/h16,18H,4-15H2,1-3H3. The first-order chi connectivity index (χ1) is 8.70. The molecule has 0 saturated heterocycles. The van der Waals surface area contributed by atoms with Crippen LogP contribution in [0, 0.1) is 5.41 Å². The molecule has 1 nitrogen and oxygen atoms in total. The first-order valence-electron chi connectivity index (χ1n) is 8.43. The molecule has 1 saturated carbocycles. The normalized spacial score (nSPS) is 27.8. The Bertz CT molecular complexity index is 202. The van der Waals surface area contributed by atoms with Crippen LogP contribution in [0.2, 0.25) is 0 Å². The van der Waals surface area contributed by atoms with Crippen molar-refractivity contribution in [1.82, 2.24) is 5.32 Å². The average molecular weight is 253 g/mol. The van der Waals surface area contributed by atoms with Gasteiger partial charge in [0.2, 0.25) is 0 Å². The molecular weight excluding hydrogens is 218 g/mol. The van der Waals surface area contributed by atoms with Gasteiger partial charge in [-0.3, -0.25) is 0 Å². The highest BCUT2D eigenvalue weighted by Gasteiger charge is 2.33. The van der Waals surface area contributed by atoms with E-state index in [1.165, 1.54) is 70.6 Å². The van der Waals surface area contributed by atoms with Crippen LogP contribution in [0.3, 0.4) is 0 Å². The van der Waals surface area contributed by atoms with Gasteiger partial charge in [0.15, 0.2) is 0 Å². The fourth-order valence-electron chi connectivity index (χ4n) is 3.52. The van der Waals surface area contributed by atoms with Crippen LogP contribution < -0.4 is 5.32 Å². The van der Waals surface area contributed by atoms with E-state index in [4.69, 9.17) is 0 Å².